The van der Waals surface area contributed by atoms with E-state index >= 15 is 0 Å². The Kier molecular flexibility index (Phi) is 2.45. The van der Waals surface area contributed by atoms with Gasteiger partial charge in [-0.1, -0.05) is 29.6 Å². The first-order valence-corrected chi connectivity index (χ1v) is 5.54. The van der Waals surface area contributed by atoms with Crippen LogP contribution in [0.3, 0.4) is 0 Å². The molecule has 1 heterocycles. The van der Waals surface area contributed by atoms with Crippen LogP contribution >= 0.6 is 23.2 Å². The molecular weight excluding hydrogens is 209 g/mol. The highest BCUT2D eigenvalue weighted by molar-refractivity contribution is 6.58. The minimum atomic E-state index is -1.19. The largest absolute Gasteiger partial charge is 0.350 e. The van der Waals surface area contributed by atoms with Crippen molar-refractivity contribution in [3.8, 4) is 0 Å². The van der Waals surface area contributed by atoms with Crippen molar-refractivity contribution in [2.24, 2.45) is 5.92 Å². The summed E-state index contributed by atoms with van der Waals surface area (Å²) in [4.78, 5) is 11.5. The zero-order chi connectivity index (χ0) is 9.47. The number of halogens is 2. The van der Waals surface area contributed by atoms with Crippen LogP contribution in [-0.2, 0) is 4.79 Å². The molecule has 0 spiro atoms. The van der Waals surface area contributed by atoms with E-state index in [1.165, 1.54) is 12.8 Å². The number of nitrogens with one attached hydrogen (secondary N) is 1. The first kappa shape index (κ1) is 9.60. The van der Waals surface area contributed by atoms with Gasteiger partial charge in [-0.3, -0.25) is 4.79 Å². The molecule has 2 fully saturated rings. The van der Waals surface area contributed by atoms with Crippen molar-refractivity contribution in [3.05, 3.63) is 0 Å². The molecule has 2 aliphatic rings. The van der Waals surface area contributed by atoms with E-state index in [1.54, 1.807) is 0 Å². The third-order valence-electron chi connectivity index (χ3n) is 3.14. The number of carbonyl (C=O) groups is 1. The van der Waals surface area contributed by atoms with Crippen LogP contribution in [-0.4, -0.2) is 16.3 Å². The summed E-state index contributed by atoms with van der Waals surface area (Å²) in [7, 11) is 0. The molecule has 4 heteroatoms. The average Bonchev–Trinajstić information content (AvgIpc) is 2.45. The maximum atomic E-state index is 11.5. The molecule has 1 aliphatic heterocycles. The number of alkyl halides is 2. The lowest BCUT2D eigenvalue weighted by molar-refractivity contribution is -0.122. The molecule has 2 rings (SSSR count). The monoisotopic (exact) mass is 221 g/mol. The molecular formula is C9H13Cl2NO. The lowest BCUT2D eigenvalue weighted by atomic mass is 9.99. The Labute approximate surface area is 88.0 Å². The third kappa shape index (κ3) is 1.79. The van der Waals surface area contributed by atoms with E-state index in [-0.39, 0.29) is 5.91 Å². The van der Waals surface area contributed by atoms with Gasteiger partial charge in [0.1, 0.15) is 0 Å². The number of rotatable bonds is 0. The maximum Gasteiger partial charge on any atom is 0.256 e. The fraction of sp³-hybridized carbons (Fsp3) is 0.889. The minimum Gasteiger partial charge on any atom is -0.350 e. The second-order valence-corrected chi connectivity index (χ2v) is 5.50. The van der Waals surface area contributed by atoms with E-state index in [9.17, 15) is 4.79 Å². The van der Waals surface area contributed by atoms with Gasteiger partial charge in [0.15, 0.2) is 4.33 Å². The number of carbonyl (C=O) groups excluding carboxylic acids is 1. The molecule has 0 bridgehead atoms. The highest BCUT2D eigenvalue weighted by atomic mass is 35.5. The van der Waals surface area contributed by atoms with Gasteiger partial charge in [-0.05, 0) is 31.6 Å². The van der Waals surface area contributed by atoms with Crippen LogP contribution in [0.2, 0.25) is 0 Å². The molecule has 0 aromatic rings. The molecule has 2 unspecified atom stereocenters. The molecule has 0 aromatic heterocycles. The normalized spacial score (nSPS) is 37.8. The zero-order valence-corrected chi connectivity index (χ0v) is 8.87. The molecule has 2 nitrogen and oxygen atoms in total. The Balaban J connectivity index is 2.12. The SMILES string of the molecule is O=C1NC2CCCC2CCC1(Cl)Cl. The smallest absolute Gasteiger partial charge is 0.256 e. The van der Waals surface area contributed by atoms with E-state index in [0.717, 1.165) is 12.8 Å². The summed E-state index contributed by atoms with van der Waals surface area (Å²) < 4.78 is -1.19. The number of hydrogen-bond donors (Lipinski definition) is 1. The fourth-order valence-corrected chi connectivity index (χ4v) is 2.65. The van der Waals surface area contributed by atoms with Gasteiger partial charge < -0.3 is 5.32 Å². The highest BCUT2D eigenvalue weighted by Gasteiger charge is 2.41. The second kappa shape index (κ2) is 3.32. The fourth-order valence-electron chi connectivity index (χ4n) is 2.33. The van der Waals surface area contributed by atoms with Gasteiger partial charge in [0.05, 0.1) is 0 Å². The summed E-state index contributed by atoms with van der Waals surface area (Å²) in [5.74, 6) is 0.397. The van der Waals surface area contributed by atoms with Crippen molar-refractivity contribution in [1.29, 1.82) is 0 Å². The summed E-state index contributed by atoms with van der Waals surface area (Å²) in [5, 5.41) is 2.93. The Morgan fingerprint density at radius 2 is 2.08 bits per heavy atom. The average molecular weight is 222 g/mol. The van der Waals surface area contributed by atoms with E-state index in [0.29, 0.717) is 18.4 Å². The quantitative estimate of drug-likeness (QED) is 0.625. The lowest BCUT2D eigenvalue weighted by Crippen LogP contribution is -2.41. The molecule has 0 aromatic carbocycles. The Morgan fingerprint density at radius 1 is 1.31 bits per heavy atom. The standard InChI is InChI=1S/C9H13Cl2NO/c10-9(11)5-4-6-2-1-3-7(6)12-8(9)13/h6-7H,1-5H2,(H,12,13). The molecule has 1 amide bonds. The van der Waals surface area contributed by atoms with E-state index < -0.39 is 4.33 Å². The van der Waals surface area contributed by atoms with Crippen molar-refractivity contribution in [3.63, 3.8) is 0 Å². The second-order valence-electron chi connectivity index (χ2n) is 4.01. The van der Waals surface area contributed by atoms with Crippen LogP contribution in [0.5, 0.6) is 0 Å². The first-order valence-electron chi connectivity index (χ1n) is 4.78. The van der Waals surface area contributed by atoms with Gasteiger partial charge >= 0.3 is 0 Å². The highest BCUT2D eigenvalue weighted by Crippen LogP contribution is 2.38. The predicted octanol–water partition coefficient (Wildman–Crippen LogP) is 2.24. The summed E-state index contributed by atoms with van der Waals surface area (Å²) in [6.07, 6.45) is 5.06. The van der Waals surface area contributed by atoms with E-state index in [2.05, 4.69) is 5.32 Å². The van der Waals surface area contributed by atoms with Gasteiger partial charge in [-0.15, -0.1) is 0 Å². The van der Waals surface area contributed by atoms with Gasteiger partial charge in [0, 0.05) is 6.04 Å². The van der Waals surface area contributed by atoms with E-state index in [4.69, 9.17) is 23.2 Å². The lowest BCUT2D eigenvalue weighted by Gasteiger charge is -2.17. The summed E-state index contributed by atoms with van der Waals surface area (Å²) >= 11 is 11.8. The molecule has 1 saturated heterocycles. The van der Waals surface area contributed by atoms with Crippen molar-refractivity contribution in [2.45, 2.75) is 42.5 Å². The Hall–Kier alpha value is 0.0500. The zero-order valence-electron chi connectivity index (χ0n) is 7.35. The van der Waals surface area contributed by atoms with Crippen LogP contribution in [0.4, 0.5) is 0 Å². The maximum absolute atomic E-state index is 11.5. The summed E-state index contributed by atoms with van der Waals surface area (Å²) in [6, 6.07) is 0.326. The van der Waals surface area contributed by atoms with E-state index in [1.807, 2.05) is 0 Å². The topological polar surface area (TPSA) is 29.1 Å². The van der Waals surface area contributed by atoms with Gasteiger partial charge in [0.25, 0.3) is 5.91 Å². The summed E-state index contributed by atoms with van der Waals surface area (Å²) in [6.45, 7) is 0. The first-order chi connectivity index (χ1) is 6.09. The third-order valence-corrected chi connectivity index (χ3v) is 3.86. The van der Waals surface area contributed by atoms with Crippen LogP contribution < -0.4 is 5.32 Å². The van der Waals surface area contributed by atoms with Gasteiger partial charge in [0.2, 0.25) is 0 Å². The van der Waals surface area contributed by atoms with Crippen LogP contribution in [0.1, 0.15) is 32.1 Å². The van der Waals surface area contributed by atoms with Crippen LogP contribution in [0.15, 0.2) is 0 Å². The Morgan fingerprint density at radius 3 is 2.85 bits per heavy atom. The van der Waals surface area contributed by atoms with Crippen molar-refractivity contribution >= 4 is 29.1 Å². The minimum absolute atomic E-state index is 0.203. The van der Waals surface area contributed by atoms with Crippen LogP contribution in [0.25, 0.3) is 0 Å². The van der Waals surface area contributed by atoms with Gasteiger partial charge in [-0.2, -0.15) is 0 Å². The molecule has 13 heavy (non-hydrogen) atoms. The number of fused-ring (bicyclic) bond motifs is 1. The molecule has 74 valence electrons. The summed E-state index contributed by atoms with van der Waals surface area (Å²) in [5.41, 5.74) is 0. The number of hydrogen-bond acceptors (Lipinski definition) is 1. The predicted molar refractivity (Wildman–Crippen MR) is 52.9 cm³/mol. The molecule has 0 radical (unpaired) electrons. The molecule has 1 saturated carbocycles. The molecule has 1 N–H and O–H groups in total. The van der Waals surface area contributed by atoms with Crippen molar-refractivity contribution < 1.29 is 4.79 Å². The van der Waals surface area contributed by atoms with Crippen LogP contribution in [0, 0.1) is 5.92 Å². The van der Waals surface area contributed by atoms with Gasteiger partial charge in [-0.25, -0.2) is 0 Å². The molecule has 2 atom stereocenters. The Bertz CT molecular complexity index is 230. The van der Waals surface area contributed by atoms with Crippen molar-refractivity contribution in [2.75, 3.05) is 0 Å². The van der Waals surface area contributed by atoms with Crippen molar-refractivity contribution in [1.82, 2.24) is 5.32 Å². The molecule has 1 aliphatic carbocycles. The number of amides is 1.